The van der Waals surface area contributed by atoms with E-state index in [-0.39, 0.29) is 16.6 Å². The largest absolute Gasteiger partial charge is 0.505 e. The van der Waals surface area contributed by atoms with Gasteiger partial charge in [0.25, 0.3) is 0 Å². The molecule has 0 aliphatic carbocycles. The second-order valence-electron chi connectivity index (χ2n) is 10.2. The van der Waals surface area contributed by atoms with Crippen LogP contribution < -0.4 is 0 Å². The fourth-order valence-electron chi connectivity index (χ4n) is 3.53. The molecule has 2 N–H and O–H groups in total. The molecule has 0 unspecified atom stereocenters. The normalized spacial score (nSPS) is 12.1. The maximum absolute atomic E-state index is 10.9. The van der Waals surface area contributed by atoms with Crippen molar-refractivity contribution in [1.29, 1.82) is 0 Å². The minimum Gasteiger partial charge on any atom is -0.505 e. The number of nitrogens with one attached hydrogen (secondary N) is 1. The van der Waals surface area contributed by atoms with E-state index in [9.17, 15) is 5.11 Å². The standard InChI is InChI=1S/C20H25N3O.C6H5N3/c1-19(2,3)13-11-14(20(4,5)6)18(24)17(12-13)23-21-15-9-7-8-10-16(15)22-23;1-2-4-6-5(3-1)7-9-8-6/h7-12,24H,1-6H3;1-4H,(H,7,8,9). The number of H-pyrrole nitrogens is 1. The Hall–Kier alpha value is -3.74. The van der Waals surface area contributed by atoms with Gasteiger partial charge in [-0.05, 0) is 46.7 Å². The molecule has 0 saturated heterocycles. The topological polar surface area (TPSA) is 92.5 Å². The van der Waals surface area contributed by atoms with E-state index in [1.165, 1.54) is 0 Å². The lowest BCUT2D eigenvalue weighted by molar-refractivity contribution is 0.438. The minimum atomic E-state index is -0.174. The van der Waals surface area contributed by atoms with E-state index < -0.39 is 0 Å². The SMILES string of the molecule is CC(C)(C)c1cc(-n2nc3ccccc3n2)c(O)c(C(C)(C)C)c1.c1ccc2n[nH]nc2c1. The van der Waals surface area contributed by atoms with Crippen molar-refractivity contribution >= 4 is 22.1 Å². The first-order chi connectivity index (χ1) is 15.5. The highest BCUT2D eigenvalue weighted by molar-refractivity contribution is 5.74. The number of para-hydroxylation sites is 2. The molecule has 0 amide bonds. The average molecular weight is 443 g/mol. The summed E-state index contributed by atoms with van der Waals surface area (Å²) in [5.41, 5.74) is 5.94. The summed E-state index contributed by atoms with van der Waals surface area (Å²) in [6, 6.07) is 19.5. The molecule has 2 aromatic heterocycles. The predicted octanol–water partition coefficient (Wildman–Crippen LogP) is 5.68. The molecule has 7 nitrogen and oxygen atoms in total. The lowest BCUT2D eigenvalue weighted by Gasteiger charge is -2.27. The van der Waals surface area contributed by atoms with Gasteiger partial charge in [0.1, 0.15) is 33.5 Å². The van der Waals surface area contributed by atoms with Gasteiger partial charge in [-0.15, -0.1) is 15.0 Å². The summed E-state index contributed by atoms with van der Waals surface area (Å²) >= 11 is 0. The van der Waals surface area contributed by atoms with Gasteiger partial charge in [-0.2, -0.15) is 15.4 Å². The summed E-state index contributed by atoms with van der Waals surface area (Å²) in [5.74, 6) is 0.246. The molecule has 5 rings (SSSR count). The van der Waals surface area contributed by atoms with E-state index in [4.69, 9.17) is 0 Å². The van der Waals surface area contributed by atoms with Crippen LogP contribution in [0.4, 0.5) is 0 Å². The fraction of sp³-hybridized carbons (Fsp3) is 0.308. The third-order valence-electron chi connectivity index (χ3n) is 5.49. The van der Waals surface area contributed by atoms with Crippen LogP contribution in [0.25, 0.3) is 27.8 Å². The van der Waals surface area contributed by atoms with Crippen LogP contribution in [0.3, 0.4) is 0 Å². The zero-order valence-electron chi connectivity index (χ0n) is 20.0. The van der Waals surface area contributed by atoms with Gasteiger partial charge in [0.2, 0.25) is 0 Å². The van der Waals surface area contributed by atoms with Crippen molar-refractivity contribution in [2.24, 2.45) is 0 Å². The Balaban J connectivity index is 0.000000238. The Morgan fingerprint density at radius 3 is 1.64 bits per heavy atom. The molecule has 0 aliphatic heterocycles. The summed E-state index contributed by atoms with van der Waals surface area (Å²) in [7, 11) is 0. The minimum absolute atomic E-state index is 0.0327. The van der Waals surface area contributed by atoms with Crippen molar-refractivity contribution in [1.82, 2.24) is 30.4 Å². The summed E-state index contributed by atoms with van der Waals surface area (Å²) in [5, 5.41) is 30.3. The number of aromatic hydroxyl groups is 1. The van der Waals surface area contributed by atoms with Crippen LogP contribution in [0.15, 0.2) is 60.7 Å². The Morgan fingerprint density at radius 1 is 0.697 bits per heavy atom. The van der Waals surface area contributed by atoms with Crippen LogP contribution >= 0.6 is 0 Å². The highest BCUT2D eigenvalue weighted by Crippen LogP contribution is 2.39. The molecule has 3 aromatic carbocycles. The summed E-state index contributed by atoms with van der Waals surface area (Å²) in [4.78, 5) is 1.55. The molecular formula is C26H30N6O. The van der Waals surface area contributed by atoms with Crippen molar-refractivity contribution in [2.75, 3.05) is 0 Å². The van der Waals surface area contributed by atoms with Crippen LogP contribution in [0.1, 0.15) is 52.7 Å². The van der Waals surface area contributed by atoms with Crippen LogP contribution in [-0.2, 0) is 10.8 Å². The van der Waals surface area contributed by atoms with Crippen molar-refractivity contribution in [3.05, 3.63) is 71.8 Å². The van der Waals surface area contributed by atoms with E-state index >= 15 is 0 Å². The quantitative estimate of drug-likeness (QED) is 0.348. The smallest absolute Gasteiger partial charge is 0.146 e. The Labute approximate surface area is 193 Å². The summed E-state index contributed by atoms with van der Waals surface area (Å²) < 4.78 is 0. The molecule has 0 spiro atoms. The third-order valence-corrected chi connectivity index (χ3v) is 5.49. The van der Waals surface area contributed by atoms with Crippen molar-refractivity contribution < 1.29 is 5.11 Å². The fourth-order valence-corrected chi connectivity index (χ4v) is 3.53. The van der Waals surface area contributed by atoms with Crippen molar-refractivity contribution in [2.45, 2.75) is 52.4 Å². The number of fused-ring (bicyclic) bond motifs is 2. The molecule has 0 aliphatic rings. The molecule has 0 bridgehead atoms. The second kappa shape index (κ2) is 8.31. The molecule has 0 saturated carbocycles. The first kappa shape index (κ1) is 22.5. The van der Waals surface area contributed by atoms with Gasteiger partial charge in [0, 0.05) is 5.56 Å². The molecule has 170 valence electrons. The lowest BCUT2D eigenvalue weighted by atomic mass is 9.80. The van der Waals surface area contributed by atoms with E-state index in [0.717, 1.165) is 33.2 Å². The van der Waals surface area contributed by atoms with Gasteiger partial charge in [-0.25, -0.2) is 0 Å². The Bertz CT molecular complexity index is 1340. The first-order valence-electron chi connectivity index (χ1n) is 11.0. The number of hydrogen-bond donors (Lipinski definition) is 2. The molecule has 5 aromatic rings. The number of rotatable bonds is 1. The van der Waals surface area contributed by atoms with E-state index in [0.29, 0.717) is 5.69 Å². The highest BCUT2D eigenvalue weighted by Gasteiger charge is 2.26. The number of aromatic nitrogens is 6. The van der Waals surface area contributed by atoms with Gasteiger partial charge in [-0.1, -0.05) is 71.9 Å². The van der Waals surface area contributed by atoms with E-state index in [1.807, 2.05) is 54.6 Å². The molecular weight excluding hydrogens is 412 g/mol. The zero-order valence-corrected chi connectivity index (χ0v) is 20.0. The predicted molar refractivity (Wildman–Crippen MR) is 132 cm³/mol. The van der Waals surface area contributed by atoms with Crippen molar-refractivity contribution in [3.8, 4) is 11.4 Å². The number of benzene rings is 3. The number of nitrogens with zero attached hydrogens (tertiary/aromatic N) is 5. The Morgan fingerprint density at radius 2 is 1.18 bits per heavy atom. The molecule has 0 radical (unpaired) electrons. The Kier molecular flexibility index (Phi) is 5.66. The van der Waals surface area contributed by atoms with Gasteiger partial charge in [-0.3, -0.25) is 0 Å². The maximum Gasteiger partial charge on any atom is 0.146 e. The molecule has 33 heavy (non-hydrogen) atoms. The molecule has 2 heterocycles. The van der Waals surface area contributed by atoms with Gasteiger partial charge in [0.05, 0.1) is 0 Å². The van der Waals surface area contributed by atoms with Crippen LogP contribution in [-0.4, -0.2) is 35.5 Å². The number of aromatic amines is 1. The van der Waals surface area contributed by atoms with Crippen LogP contribution in [0.5, 0.6) is 5.75 Å². The third kappa shape index (κ3) is 4.72. The zero-order chi connectivity index (χ0) is 23.8. The summed E-state index contributed by atoms with van der Waals surface area (Å²) in [6.45, 7) is 12.8. The monoisotopic (exact) mass is 442 g/mol. The van der Waals surface area contributed by atoms with Crippen LogP contribution in [0.2, 0.25) is 0 Å². The number of phenolic OH excluding ortho intramolecular Hbond substituents is 1. The average Bonchev–Trinajstić information content (AvgIpc) is 3.39. The molecule has 0 atom stereocenters. The molecule has 0 fully saturated rings. The number of phenols is 1. The van der Waals surface area contributed by atoms with E-state index in [2.05, 4.69) is 73.2 Å². The highest BCUT2D eigenvalue weighted by atomic mass is 16.3. The van der Waals surface area contributed by atoms with Gasteiger partial charge in [0.15, 0.2) is 0 Å². The number of hydrogen-bond acceptors (Lipinski definition) is 5. The van der Waals surface area contributed by atoms with Gasteiger partial charge < -0.3 is 5.11 Å². The van der Waals surface area contributed by atoms with E-state index in [1.54, 1.807) is 4.80 Å². The lowest BCUT2D eigenvalue weighted by Crippen LogP contribution is -2.18. The molecule has 7 heteroatoms. The summed E-state index contributed by atoms with van der Waals surface area (Å²) in [6.07, 6.45) is 0. The maximum atomic E-state index is 10.9. The van der Waals surface area contributed by atoms with Crippen molar-refractivity contribution in [3.63, 3.8) is 0 Å². The van der Waals surface area contributed by atoms with Gasteiger partial charge >= 0.3 is 0 Å². The first-order valence-corrected chi connectivity index (χ1v) is 11.0. The van der Waals surface area contributed by atoms with Crippen LogP contribution in [0, 0.1) is 0 Å². The second-order valence-corrected chi connectivity index (χ2v) is 10.2.